The van der Waals surface area contributed by atoms with E-state index >= 15 is 0 Å². The Morgan fingerprint density at radius 2 is 1.68 bits per heavy atom. The van der Waals surface area contributed by atoms with Crippen molar-refractivity contribution in [3.63, 3.8) is 0 Å². The van der Waals surface area contributed by atoms with Gasteiger partial charge in [0.25, 0.3) is 0 Å². The number of ether oxygens (including phenoxy) is 1. The van der Waals surface area contributed by atoms with E-state index in [0.717, 1.165) is 25.2 Å². The number of hydrogen-bond acceptors (Lipinski definition) is 2. The highest BCUT2D eigenvalue weighted by Gasteiger charge is 2.26. The maximum Gasteiger partial charge on any atom is 0.0705 e. The van der Waals surface area contributed by atoms with Crippen LogP contribution in [0.1, 0.15) is 85.5 Å². The van der Waals surface area contributed by atoms with Crippen LogP contribution in [-0.2, 0) is 4.74 Å². The van der Waals surface area contributed by atoms with E-state index in [1.807, 2.05) is 0 Å². The minimum Gasteiger partial charge on any atom is -0.394 e. The van der Waals surface area contributed by atoms with Crippen LogP contribution in [0.2, 0.25) is 0 Å². The van der Waals surface area contributed by atoms with Gasteiger partial charge in [0.2, 0.25) is 0 Å². The molecular formula is C17H36O2. The molecule has 1 N–H and O–H groups in total. The average Bonchev–Trinajstić information content (AvgIpc) is 2.44. The molecule has 0 heterocycles. The van der Waals surface area contributed by atoms with E-state index in [-0.39, 0.29) is 12.2 Å². The summed E-state index contributed by atoms with van der Waals surface area (Å²) in [6.07, 6.45) is 11.3. The first kappa shape index (κ1) is 18.9. The lowest BCUT2D eigenvalue weighted by Crippen LogP contribution is -2.32. The predicted octanol–water partition coefficient (Wildman–Crippen LogP) is 4.94. The van der Waals surface area contributed by atoms with E-state index in [0.29, 0.717) is 6.61 Å². The number of aliphatic hydroxyl groups excluding tert-OH is 1. The number of rotatable bonds is 13. The van der Waals surface area contributed by atoms with Crippen LogP contribution in [0.25, 0.3) is 0 Å². The first-order valence-corrected chi connectivity index (χ1v) is 8.38. The molecule has 2 heteroatoms. The molecule has 1 unspecified atom stereocenters. The minimum absolute atomic E-state index is 0.000405. The molecule has 1 atom stereocenters. The quantitative estimate of drug-likeness (QED) is 0.481. The van der Waals surface area contributed by atoms with Gasteiger partial charge in [-0.25, -0.2) is 0 Å². The Kier molecular flexibility index (Phi) is 11.7. The average molecular weight is 272 g/mol. The van der Waals surface area contributed by atoms with E-state index in [1.54, 1.807) is 0 Å². The summed E-state index contributed by atoms with van der Waals surface area (Å²) in [6.45, 7) is 9.65. The SMILES string of the molecule is CCCCCCC(C)CCC(CC)(CC)OCCO. The molecule has 0 radical (unpaired) electrons. The Bertz CT molecular complexity index is 188. The topological polar surface area (TPSA) is 29.5 Å². The van der Waals surface area contributed by atoms with Crippen molar-refractivity contribution in [2.45, 2.75) is 91.1 Å². The Labute approximate surface area is 120 Å². The molecule has 0 bridgehead atoms. The van der Waals surface area contributed by atoms with Gasteiger partial charge in [0, 0.05) is 0 Å². The Morgan fingerprint density at radius 3 is 2.21 bits per heavy atom. The first-order valence-electron chi connectivity index (χ1n) is 8.38. The Balaban J connectivity index is 3.95. The second-order valence-corrected chi connectivity index (χ2v) is 5.96. The molecular weight excluding hydrogens is 236 g/mol. The van der Waals surface area contributed by atoms with Crippen molar-refractivity contribution < 1.29 is 9.84 Å². The van der Waals surface area contributed by atoms with E-state index in [2.05, 4.69) is 27.7 Å². The van der Waals surface area contributed by atoms with Gasteiger partial charge in [-0.05, 0) is 31.6 Å². The van der Waals surface area contributed by atoms with Gasteiger partial charge in [-0.3, -0.25) is 0 Å². The van der Waals surface area contributed by atoms with Crippen molar-refractivity contribution in [3.05, 3.63) is 0 Å². The zero-order valence-corrected chi connectivity index (χ0v) is 13.7. The second kappa shape index (κ2) is 11.7. The summed E-state index contributed by atoms with van der Waals surface area (Å²) >= 11 is 0. The molecule has 0 aromatic heterocycles. The molecule has 0 aromatic rings. The van der Waals surface area contributed by atoms with Crippen LogP contribution >= 0.6 is 0 Å². The molecule has 19 heavy (non-hydrogen) atoms. The number of hydrogen-bond donors (Lipinski definition) is 1. The van der Waals surface area contributed by atoms with Gasteiger partial charge in [0.15, 0.2) is 0 Å². The maximum absolute atomic E-state index is 8.94. The van der Waals surface area contributed by atoms with Crippen LogP contribution in [0, 0.1) is 5.92 Å². The fraction of sp³-hybridized carbons (Fsp3) is 1.00. The fourth-order valence-corrected chi connectivity index (χ4v) is 2.72. The summed E-state index contributed by atoms with van der Waals surface area (Å²) in [5.41, 5.74) is 0.000405. The molecule has 0 aliphatic rings. The summed E-state index contributed by atoms with van der Waals surface area (Å²) < 4.78 is 5.92. The van der Waals surface area contributed by atoms with Gasteiger partial charge >= 0.3 is 0 Å². The third-order valence-corrected chi connectivity index (χ3v) is 4.43. The summed E-state index contributed by atoms with van der Waals surface area (Å²) in [5.74, 6) is 0.798. The van der Waals surface area contributed by atoms with Crippen molar-refractivity contribution in [1.82, 2.24) is 0 Å². The number of unbranched alkanes of at least 4 members (excludes halogenated alkanes) is 3. The van der Waals surface area contributed by atoms with Crippen molar-refractivity contribution in [2.75, 3.05) is 13.2 Å². The summed E-state index contributed by atoms with van der Waals surface area (Å²) in [4.78, 5) is 0. The van der Waals surface area contributed by atoms with E-state index < -0.39 is 0 Å². The van der Waals surface area contributed by atoms with Gasteiger partial charge in [0.1, 0.15) is 0 Å². The molecule has 0 aromatic carbocycles. The van der Waals surface area contributed by atoms with E-state index in [9.17, 15) is 0 Å². The normalized spacial score (nSPS) is 13.7. The largest absolute Gasteiger partial charge is 0.394 e. The summed E-state index contributed by atoms with van der Waals surface area (Å²) in [7, 11) is 0. The van der Waals surface area contributed by atoms with Crippen LogP contribution < -0.4 is 0 Å². The lowest BCUT2D eigenvalue weighted by Gasteiger charge is -2.33. The van der Waals surface area contributed by atoms with Crippen molar-refractivity contribution in [3.8, 4) is 0 Å². The highest BCUT2D eigenvalue weighted by atomic mass is 16.5. The minimum atomic E-state index is 0.000405. The summed E-state index contributed by atoms with van der Waals surface area (Å²) in [6, 6.07) is 0. The highest BCUT2D eigenvalue weighted by Crippen LogP contribution is 2.29. The zero-order chi connectivity index (χ0) is 14.6. The molecule has 0 saturated carbocycles. The Morgan fingerprint density at radius 1 is 1.00 bits per heavy atom. The lowest BCUT2D eigenvalue weighted by molar-refractivity contribution is -0.0716. The van der Waals surface area contributed by atoms with Crippen LogP contribution in [0.4, 0.5) is 0 Å². The van der Waals surface area contributed by atoms with Crippen LogP contribution in [-0.4, -0.2) is 23.9 Å². The monoisotopic (exact) mass is 272 g/mol. The molecule has 2 nitrogen and oxygen atoms in total. The smallest absolute Gasteiger partial charge is 0.0705 e. The second-order valence-electron chi connectivity index (χ2n) is 5.96. The molecule has 0 aliphatic heterocycles. The third-order valence-electron chi connectivity index (χ3n) is 4.43. The lowest BCUT2D eigenvalue weighted by atomic mass is 9.86. The Hall–Kier alpha value is -0.0800. The number of aliphatic hydroxyl groups is 1. The molecule has 0 spiro atoms. The maximum atomic E-state index is 8.94. The van der Waals surface area contributed by atoms with Gasteiger partial charge in [-0.15, -0.1) is 0 Å². The van der Waals surface area contributed by atoms with Gasteiger partial charge in [0.05, 0.1) is 18.8 Å². The van der Waals surface area contributed by atoms with E-state index in [4.69, 9.17) is 9.84 Å². The van der Waals surface area contributed by atoms with Gasteiger partial charge in [-0.1, -0.05) is 59.8 Å². The molecule has 0 amide bonds. The summed E-state index contributed by atoms with van der Waals surface area (Å²) in [5, 5.41) is 8.94. The highest BCUT2D eigenvalue weighted by molar-refractivity contribution is 4.78. The fourth-order valence-electron chi connectivity index (χ4n) is 2.72. The zero-order valence-electron chi connectivity index (χ0n) is 13.7. The predicted molar refractivity (Wildman–Crippen MR) is 83.5 cm³/mol. The molecule has 0 aliphatic carbocycles. The standard InChI is InChI=1S/C17H36O2/c1-5-8-9-10-11-16(4)12-13-17(6-2,7-3)19-15-14-18/h16,18H,5-15H2,1-4H3. The molecule has 0 rings (SSSR count). The van der Waals surface area contributed by atoms with E-state index in [1.165, 1.54) is 38.5 Å². The van der Waals surface area contributed by atoms with Crippen molar-refractivity contribution in [1.29, 1.82) is 0 Å². The van der Waals surface area contributed by atoms with Crippen LogP contribution in [0.15, 0.2) is 0 Å². The van der Waals surface area contributed by atoms with Crippen LogP contribution in [0.5, 0.6) is 0 Å². The van der Waals surface area contributed by atoms with Crippen molar-refractivity contribution in [2.24, 2.45) is 5.92 Å². The van der Waals surface area contributed by atoms with Crippen molar-refractivity contribution >= 4 is 0 Å². The molecule has 0 fully saturated rings. The van der Waals surface area contributed by atoms with Gasteiger partial charge in [-0.2, -0.15) is 0 Å². The third kappa shape index (κ3) is 8.65. The first-order chi connectivity index (χ1) is 9.14. The van der Waals surface area contributed by atoms with Gasteiger partial charge < -0.3 is 9.84 Å². The molecule has 0 saturated heterocycles. The molecule has 116 valence electrons. The van der Waals surface area contributed by atoms with Crippen LogP contribution in [0.3, 0.4) is 0 Å².